The summed E-state index contributed by atoms with van der Waals surface area (Å²) in [6.07, 6.45) is 4.58. The Kier molecular flexibility index (Phi) is 4.19. The largest absolute Gasteiger partial charge is 0.462 e. The molecule has 1 aromatic rings. The van der Waals surface area contributed by atoms with Crippen LogP contribution in [-0.2, 0) is 14.3 Å². The number of thioether (sulfide) groups is 1. The van der Waals surface area contributed by atoms with Crippen LogP contribution < -0.4 is 5.32 Å². The van der Waals surface area contributed by atoms with E-state index in [1.54, 1.807) is 35.1 Å². The molecule has 0 saturated carbocycles. The van der Waals surface area contributed by atoms with Crippen LogP contribution in [0.25, 0.3) is 0 Å². The van der Waals surface area contributed by atoms with Gasteiger partial charge in [0, 0.05) is 24.6 Å². The predicted molar refractivity (Wildman–Crippen MR) is 82.2 cm³/mol. The van der Waals surface area contributed by atoms with E-state index in [1.165, 1.54) is 0 Å². The molecule has 0 aliphatic carbocycles. The average molecular weight is 322 g/mol. The normalized spacial score (nSPS) is 26.9. The van der Waals surface area contributed by atoms with Gasteiger partial charge in [-0.25, -0.2) is 14.8 Å². The minimum Gasteiger partial charge on any atom is -0.462 e. The van der Waals surface area contributed by atoms with E-state index in [1.807, 2.05) is 6.92 Å². The molecule has 0 bridgehead atoms. The van der Waals surface area contributed by atoms with E-state index in [0.29, 0.717) is 24.7 Å². The molecule has 118 valence electrons. The third-order valence-corrected chi connectivity index (χ3v) is 5.42. The van der Waals surface area contributed by atoms with Gasteiger partial charge >= 0.3 is 5.97 Å². The highest BCUT2D eigenvalue weighted by atomic mass is 32.2. The van der Waals surface area contributed by atoms with E-state index < -0.39 is 6.04 Å². The Bertz CT molecular complexity index is 570. The monoisotopic (exact) mass is 322 g/mol. The molecular weight excluding hydrogens is 304 g/mol. The molecule has 2 fully saturated rings. The van der Waals surface area contributed by atoms with Crippen molar-refractivity contribution in [2.24, 2.45) is 0 Å². The molecule has 0 aromatic carbocycles. The van der Waals surface area contributed by atoms with Crippen LogP contribution in [0, 0.1) is 0 Å². The average Bonchev–Trinajstić information content (AvgIpc) is 3.01. The Balaban J connectivity index is 1.47. The SMILES string of the molecule is CC12CCC(=O)N1C(C(=O)OCCNc1ncccn1)CS2. The summed E-state index contributed by atoms with van der Waals surface area (Å²) in [6.45, 7) is 2.67. The molecule has 0 spiro atoms. The second-order valence-electron chi connectivity index (χ2n) is 5.43. The highest BCUT2D eigenvalue weighted by Crippen LogP contribution is 2.47. The Morgan fingerprint density at radius 3 is 3.09 bits per heavy atom. The van der Waals surface area contributed by atoms with Gasteiger partial charge in [-0.1, -0.05) is 0 Å². The van der Waals surface area contributed by atoms with Gasteiger partial charge in [-0.2, -0.15) is 0 Å². The molecule has 0 radical (unpaired) electrons. The van der Waals surface area contributed by atoms with Gasteiger partial charge in [0.05, 0.1) is 11.4 Å². The summed E-state index contributed by atoms with van der Waals surface area (Å²) in [4.78, 5) is 33.7. The maximum Gasteiger partial charge on any atom is 0.329 e. The van der Waals surface area contributed by atoms with Crippen LogP contribution in [0.2, 0.25) is 0 Å². The molecule has 2 atom stereocenters. The fraction of sp³-hybridized carbons (Fsp3) is 0.571. The predicted octanol–water partition coefficient (Wildman–Crippen LogP) is 0.886. The zero-order chi connectivity index (χ0) is 15.6. The number of rotatable bonds is 5. The molecule has 22 heavy (non-hydrogen) atoms. The fourth-order valence-corrected chi connectivity index (χ4v) is 4.21. The molecule has 1 N–H and O–H groups in total. The number of hydrogen-bond donors (Lipinski definition) is 1. The first-order chi connectivity index (χ1) is 10.6. The summed E-state index contributed by atoms with van der Waals surface area (Å²) in [5.41, 5.74) is 0. The highest BCUT2D eigenvalue weighted by Gasteiger charge is 2.53. The Morgan fingerprint density at radius 1 is 1.55 bits per heavy atom. The molecule has 2 aliphatic rings. The van der Waals surface area contributed by atoms with Crippen LogP contribution in [0.4, 0.5) is 5.95 Å². The van der Waals surface area contributed by atoms with Crippen LogP contribution in [0.1, 0.15) is 19.8 Å². The van der Waals surface area contributed by atoms with Crippen LogP contribution in [0.15, 0.2) is 18.5 Å². The van der Waals surface area contributed by atoms with E-state index in [-0.39, 0.29) is 23.4 Å². The van der Waals surface area contributed by atoms with Crippen molar-refractivity contribution in [1.82, 2.24) is 14.9 Å². The van der Waals surface area contributed by atoms with Gasteiger partial charge in [0.25, 0.3) is 0 Å². The zero-order valence-corrected chi connectivity index (χ0v) is 13.1. The first-order valence-corrected chi connectivity index (χ1v) is 8.22. The number of aromatic nitrogens is 2. The van der Waals surface area contributed by atoms with E-state index in [0.717, 1.165) is 6.42 Å². The Labute approximate surface area is 132 Å². The van der Waals surface area contributed by atoms with E-state index in [2.05, 4.69) is 15.3 Å². The first-order valence-electron chi connectivity index (χ1n) is 7.24. The maximum atomic E-state index is 12.2. The number of anilines is 1. The molecule has 2 aliphatic heterocycles. The standard InChI is InChI=1S/C14H18N4O3S/c1-14-4-3-11(19)18(14)10(9-22-14)12(20)21-8-7-17-13-15-5-2-6-16-13/h2,5-6,10H,3-4,7-9H2,1H3,(H,15,16,17). The third kappa shape index (κ3) is 2.87. The number of nitrogens with one attached hydrogen (secondary N) is 1. The minimum absolute atomic E-state index is 0.0465. The number of nitrogens with zero attached hydrogens (tertiary/aromatic N) is 3. The van der Waals surface area contributed by atoms with Crippen molar-refractivity contribution in [3.63, 3.8) is 0 Å². The van der Waals surface area contributed by atoms with Crippen LogP contribution in [0.5, 0.6) is 0 Å². The molecule has 2 saturated heterocycles. The Hall–Kier alpha value is -1.83. The van der Waals surface area contributed by atoms with Crippen molar-refractivity contribution in [3.8, 4) is 0 Å². The lowest BCUT2D eigenvalue weighted by Gasteiger charge is -2.29. The molecule has 1 aromatic heterocycles. The number of fused-ring (bicyclic) bond motifs is 1. The van der Waals surface area contributed by atoms with Gasteiger partial charge in [0.2, 0.25) is 11.9 Å². The summed E-state index contributed by atoms with van der Waals surface area (Å²) in [7, 11) is 0. The second-order valence-corrected chi connectivity index (χ2v) is 6.93. The first kappa shape index (κ1) is 15.1. The quantitative estimate of drug-likeness (QED) is 0.636. The summed E-state index contributed by atoms with van der Waals surface area (Å²) in [6, 6.07) is 1.27. The summed E-state index contributed by atoms with van der Waals surface area (Å²) in [5.74, 6) is 0.820. The summed E-state index contributed by atoms with van der Waals surface area (Å²) >= 11 is 1.66. The lowest BCUT2D eigenvalue weighted by atomic mass is 10.2. The van der Waals surface area contributed by atoms with Gasteiger partial charge in [0.1, 0.15) is 12.6 Å². The number of carbonyl (C=O) groups is 2. The lowest BCUT2D eigenvalue weighted by Crippen LogP contribution is -2.46. The van der Waals surface area contributed by atoms with Crippen LogP contribution in [0.3, 0.4) is 0 Å². The summed E-state index contributed by atoms with van der Waals surface area (Å²) in [5, 5.41) is 2.97. The summed E-state index contributed by atoms with van der Waals surface area (Å²) < 4.78 is 5.28. The highest BCUT2D eigenvalue weighted by molar-refractivity contribution is 8.01. The maximum absolute atomic E-state index is 12.2. The molecule has 3 rings (SSSR count). The zero-order valence-electron chi connectivity index (χ0n) is 12.3. The van der Waals surface area contributed by atoms with Crippen molar-refractivity contribution in [2.75, 3.05) is 24.2 Å². The molecule has 2 unspecified atom stereocenters. The molecule has 1 amide bonds. The fourth-order valence-electron chi connectivity index (χ4n) is 2.80. The van der Waals surface area contributed by atoms with E-state index in [4.69, 9.17) is 4.74 Å². The van der Waals surface area contributed by atoms with E-state index in [9.17, 15) is 9.59 Å². The number of carbonyl (C=O) groups excluding carboxylic acids is 2. The van der Waals surface area contributed by atoms with Gasteiger partial charge in [-0.05, 0) is 19.4 Å². The number of hydrogen-bond acceptors (Lipinski definition) is 7. The van der Waals surface area contributed by atoms with E-state index >= 15 is 0 Å². The topological polar surface area (TPSA) is 84.4 Å². The molecule has 7 nitrogen and oxygen atoms in total. The van der Waals surface area contributed by atoms with Gasteiger partial charge < -0.3 is 15.0 Å². The van der Waals surface area contributed by atoms with Gasteiger partial charge in [-0.15, -0.1) is 11.8 Å². The van der Waals surface area contributed by atoms with Crippen molar-refractivity contribution < 1.29 is 14.3 Å². The van der Waals surface area contributed by atoms with Gasteiger partial charge in [0.15, 0.2) is 0 Å². The third-order valence-electron chi connectivity index (χ3n) is 3.91. The smallest absolute Gasteiger partial charge is 0.329 e. The van der Waals surface area contributed by atoms with Crippen molar-refractivity contribution in [1.29, 1.82) is 0 Å². The van der Waals surface area contributed by atoms with Crippen LogP contribution >= 0.6 is 11.8 Å². The molecular formula is C14H18N4O3S. The van der Waals surface area contributed by atoms with Gasteiger partial charge in [-0.3, -0.25) is 4.79 Å². The Morgan fingerprint density at radius 2 is 2.32 bits per heavy atom. The van der Waals surface area contributed by atoms with Crippen molar-refractivity contribution >= 4 is 29.6 Å². The number of amides is 1. The number of esters is 1. The van der Waals surface area contributed by atoms with Crippen molar-refractivity contribution in [2.45, 2.75) is 30.7 Å². The van der Waals surface area contributed by atoms with Crippen LogP contribution in [-0.4, -0.2) is 56.6 Å². The second kappa shape index (κ2) is 6.12. The lowest BCUT2D eigenvalue weighted by molar-refractivity contribution is -0.153. The van der Waals surface area contributed by atoms with Crippen molar-refractivity contribution in [3.05, 3.63) is 18.5 Å². The molecule has 8 heteroatoms. The minimum atomic E-state index is -0.460. The number of ether oxygens (including phenoxy) is 1. The molecule has 3 heterocycles.